The zero-order chi connectivity index (χ0) is 14.7. The van der Waals surface area contributed by atoms with Crippen LogP contribution >= 0.6 is 0 Å². The molecule has 0 radical (unpaired) electrons. The Morgan fingerprint density at radius 2 is 2.30 bits per heavy atom. The number of aromatic nitrogens is 1. The van der Waals surface area contributed by atoms with Gasteiger partial charge in [0.1, 0.15) is 0 Å². The molecule has 2 heterocycles. The van der Waals surface area contributed by atoms with E-state index in [9.17, 15) is 9.59 Å². The number of carbonyl (C=O) groups excluding carboxylic acids is 1. The van der Waals surface area contributed by atoms with Crippen LogP contribution < -0.4 is 11.0 Å². The van der Waals surface area contributed by atoms with E-state index in [2.05, 4.69) is 18.8 Å². The van der Waals surface area contributed by atoms with E-state index >= 15 is 0 Å². The van der Waals surface area contributed by atoms with E-state index in [1.165, 1.54) is 7.11 Å². The molecule has 0 aromatic carbocycles. The molecule has 5 nitrogen and oxygen atoms in total. The Kier molecular flexibility index (Phi) is 4.52. The summed E-state index contributed by atoms with van der Waals surface area (Å²) in [7, 11) is 1.41. The number of H-pyrrole nitrogens is 1. The molecule has 0 saturated carbocycles. The van der Waals surface area contributed by atoms with Crippen molar-refractivity contribution in [2.45, 2.75) is 38.4 Å². The molecule has 1 aromatic rings. The quantitative estimate of drug-likeness (QED) is 0.845. The number of carbonyl (C=O) groups is 1. The van der Waals surface area contributed by atoms with Gasteiger partial charge < -0.3 is 14.6 Å². The van der Waals surface area contributed by atoms with Gasteiger partial charge in [-0.3, -0.25) is 4.79 Å². The minimum atomic E-state index is -0.275. The SMILES string of the molecule is COC(=O)N1CCCC1B(c1cc[nH]c(=O)c1)C(C)C. The third kappa shape index (κ3) is 2.89. The highest BCUT2D eigenvalue weighted by Gasteiger charge is 2.40. The van der Waals surface area contributed by atoms with Gasteiger partial charge in [0.25, 0.3) is 0 Å². The van der Waals surface area contributed by atoms with Gasteiger partial charge in [0.2, 0.25) is 12.3 Å². The number of hydrogen-bond donors (Lipinski definition) is 1. The van der Waals surface area contributed by atoms with E-state index in [4.69, 9.17) is 4.74 Å². The Morgan fingerprint density at radius 3 is 2.90 bits per heavy atom. The van der Waals surface area contributed by atoms with Crippen LogP contribution in [0.3, 0.4) is 0 Å². The van der Waals surface area contributed by atoms with Gasteiger partial charge >= 0.3 is 6.09 Å². The first kappa shape index (κ1) is 14.7. The highest BCUT2D eigenvalue weighted by molar-refractivity contribution is 6.76. The van der Waals surface area contributed by atoms with Crippen molar-refractivity contribution in [3.8, 4) is 0 Å². The number of methoxy groups -OCH3 is 1. The third-order valence-electron chi connectivity index (χ3n) is 4.03. The van der Waals surface area contributed by atoms with Crippen LogP contribution in [0.2, 0.25) is 5.82 Å². The van der Waals surface area contributed by atoms with Crippen molar-refractivity contribution in [3.05, 3.63) is 28.7 Å². The van der Waals surface area contributed by atoms with Crippen LogP contribution in [0.25, 0.3) is 0 Å². The van der Waals surface area contributed by atoms with Crippen molar-refractivity contribution >= 4 is 18.3 Å². The van der Waals surface area contributed by atoms with Crippen molar-refractivity contribution in [3.63, 3.8) is 0 Å². The van der Waals surface area contributed by atoms with Gasteiger partial charge in [-0.2, -0.15) is 0 Å². The molecule has 108 valence electrons. The number of ether oxygens (including phenoxy) is 1. The van der Waals surface area contributed by atoms with Gasteiger partial charge in [0.05, 0.1) is 7.11 Å². The summed E-state index contributed by atoms with van der Waals surface area (Å²) in [5.74, 6) is 0.441. The second-order valence-corrected chi connectivity index (χ2v) is 5.63. The zero-order valence-corrected chi connectivity index (χ0v) is 12.3. The first-order chi connectivity index (χ1) is 9.54. The predicted octanol–water partition coefficient (Wildman–Crippen LogP) is 1.26. The first-order valence-electron chi connectivity index (χ1n) is 7.07. The highest BCUT2D eigenvalue weighted by atomic mass is 16.5. The molecule has 1 atom stereocenters. The van der Waals surface area contributed by atoms with Gasteiger partial charge in [-0.25, -0.2) is 4.79 Å². The lowest BCUT2D eigenvalue weighted by Crippen LogP contribution is -2.53. The van der Waals surface area contributed by atoms with Crippen LogP contribution in [0.5, 0.6) is 0 Å². The molecule has 1 amide bonds. The maximum absolute atomic E-state index is 11.9. The largest absolute Gasteiger partial charge is 0.453 e. The summed E-state index contributed by atoms with van der Waals surface area (Å²) in [5, 5.41) is 0. The van der Waals surface area contributed by atoms with Crippen molar-refractivity contribution in [1.29, 1.82) is 0 Å². The monoisotopic (exact) mass is 276 g/mol. The summed E-state index contributed by atoms with van der Waals surface area (Å²) in [6.45, 7) is 5.13. The summed E-state index contributed by atoms with van der Waals surface area (Å²) in [4.78, 5) is 27.9. The molecule has 1 fully saturated rings. The fourth-order valence-corrected chi connectivity index (χ4v) is 3.23. The summed E-state index contributed by atoms with van der Waals surface area (Å²) in [6, 6.07) is 3.57. The molecule has 0 bridgehead atoms. The molecule has 1 N–H and O–H groups in total. The molecule has 6 heteroatoms. The summed E-state index contributed by atoms with van der Waals surface area (Å²) < 4.78 is 4.87. The Balaban J connectivity index is 2.33. The van der Waals surface area contributed by atoms with Gasteiger partial charge in [-0.15, -0.1) is 0 Å². The van der Waals surface area contributed by atoms with Crippen LogP contribution in [0, 0.1) is 0 Å². The fourth-order valence-electron chi connectivity index (χ4n) is 3.23. The molecule has 20 heavy (non-hydrogen) atoms. The minimum absolute atomic E-state index is 0.101. The van der Waals surface area contributed by atoms with Gasteiger partial charge in [-0.1, -0.05) is 31.2 Å². The maximum atomic E-state index is 11.9. The molecule has 1 aliphatic heterocycles. The molecule has 1 unspecified atom stereocenters. The van der Waals surface area contributed by atoms with Crippen LogP contribution in [0.1, 0.15) is 26.7 Å². The third-order valence-corrected chi connectivity index (χ3v) is 4.03. The average molecular weight is 276 g/mol. The zero-order valence-electron chi connectivity index (χ0n) is 12.3. The van der Waals surface area contributed by atoms with Crippen molar-refractivity contribution < 1.29 is 9.53 Å². The summed E-state index contributed by atoms with van der Waals surface area (Å²) in [5.41, 5.74) is 0.889. The second kappa shape index (κ2) is 6.16. The number of hydrogen-bond acceptors (Lipinski definition) is 3. The Morgan fingerprint density at radius 1 is 1.55 bits per heavy atom. The topological polar surface area (TPSA) is 62.4 Å². The second-order valence-electron chi connectivity index (χ2n) is 5.63. The smallest absolute Gasteiger partial charge is 0.409 e. The Hall–Kier alpha value is -1.72. The number of nitrogens with one attached hydrogen (secondary N) is 1. The molecular formula is C14H21BN2O3. The van der Waals surface area contributed by atoms with Crippen molar-refractivity contribution in [1.82, 2.24) is 9.88 Å². The number of aromatic amines is 1. The number of rotatable bonds is 3. The molecule has 1 aliphatic rings. The maximum Gasteiger partial charge on any atom is 0.409 e. The molecular weight excluding hydrogens is 255 g/mol. The van der Waals surface area contributed by atoms with Gasteiger partial charge in [-0.05, 0) is 18.9 Å². The van der Waals surface area contributed by atoms with Crippen LogP contribution in [0.4, 0.5) is 4.79 Å². The lowest BCUT2D eigenvalue weighted by molar-refractivity contribution is 0.128. The van der Waals surface area contributed by atoms with E-state index in [1.54, 1.807) is 17.2 Å². The average Bonchev–Trinajstić information content (AvgIpc) is 2.87. The van der Waals surface area contributed by atoms with Crippen LogP contribution in [-0.4, -0.2) is 42.3 Å². The van der Waals surface area contributed by atoms with E-state index in [0.717, 1.165) is 24.8 Å². The first-order valence-corrected chi connectivity index (χ1v) is 7.07. The van der Waals surface area contributed by atoms with Gasteiger partial charge in [0, 0.05) is 18.7 Å². The summed E-state index contributed by atoms with van der Waals surface area (Å²) >= 11 is 0. The Bertz CT molecular complexity index is 529. The molecule has 2 rings (SSSR count). The van der Waals surface area contributed by atoms with E-state index in [0.29, 0.717) is 5.82 Å². The summed E-state index contributed by atoms with van der Waals surface area (Å²) in [6.07, 6.45) is 3.32. The normalized spacial score (nSPS) is 18.4. The van der Waals surface area contributed by atoms with Crippen LogP contribution in [0.15, 0.2) is 23.1 Å². The highest BCUT2D eigenvalue weighted by Crippen LogP contribution is 2.25. The van der Waals surface area contributed by atoms with Crippen LogP contribution in [-0.2, 0) is 4.74 Å². The molecule has 0 aliphatic carbocycles. The van der Waals surface area contributed by atoms with Crippen molar-refractivity contribution in [2.75, 3.05) is 13.7 Å². The number of likely N-dealkylation sites (tertiary alicyclic amines) is 1. The van der Waals surface area contributed by atoms with Crippen molar-refractivity contribution in [2.24, 2.45) is 0 Å². The van der Waals surface area contributed by atoms with E-state index in [1.807, 2.05) is 6.07 Å². The molecule has 0 spiro atoms. The fraction of sp³-hybridized carbons (Fsp3) is 0.571. The lowest BCUT2D eigenvalue weighted by Gasteiger charge is -2.31. The lowest BCUT2D eigenvalue weighted by atomic mass is 9.33. The van der Waals surface area contributed by atoms with E-state index < -0.39 is 0 Å². The van der Waals surface area contributed by atoms with Gasteiger partial charge in [0.15, 0.2) is 0 Å². The minimum Gasteiger partial charge on any atom is -0.453 e. The molecule has 1 saturated heterocycles. The van der Waals surface area contributed by atoms with E-state index in [-0.39, 0.29) is 24.3 Å². The Labute approximate surface area is 119 Å². The number of amides is 1. The standard InChI is InChI=1S/C14H21BN2O3/c1-10(2)15(11-6-7-16-13(18)9-11)12-5-4-8-17(12)14(19)20-3/h6-7,9-10,12H,4-5,8H2,1-3H3,(H,16,18). The molecule has 1 aromatic heterocycles. The number of nitrogens with zero attached hydrogens (tertiary/aromatic N) is 1. The predicted molar refractivity (Wildman–Crippen MR) is 79.7 cm³/mol. The number of pyridine rings is 1.